The Bertz CT molecular complexity index is 994. The molecule has 1 amide bonds. The highest BCUT2D eigenvalue weighted by Crippen LogP contribution is 2.21. The normalized spacial score (nSPS) is 11.1. The second-order valence-corrected chi connectivity index (χ2v) is 5.46. The summed E-state index contributed by atoms with van der Waals surface area (Å²) in [6.07, 6.45) is 2.42. The number of phenols is 2. The summed E-state index contributed by atoms with van der Waals surface area (Å²) in [5, 5.41) is 37.7. The zero-order valence-corrected chi connectivity index (χ0v) is 14.2. The Hall–Kier alpha value is -3.96. The third kappa shape index (κ3) is 3.68. The number of nitrogens with two attached hydrogens (primary N) is 1. The number of hydrazone groups is 1. The number of hydrogen-bond donors (Lipinski definition) is 4. The van der Waals surface area contributed by atoms with Gasteiger partial charge in [-0.3, -0.25) is 4.79 Å². The summed E-state index contributed by atoms with van der Waals surface area (Å²) in [6, 6.07) is 3.98. The van der Waals surface area contributed by atoms with Crippen molar-refractivity contribution < 1.29 is 19.6 Å². The first-order valence-electron chi connectivity index (χ1n) is 7.89. The van der Waals surface area contributed by atoms with Gasteiger partial charge < -0.3 is 15.9 Å². The maximum absolute atomic E-state index is 12.4. The molecule has 27 heavy (non-hydrogen) atoms. The Morgan fingerprint density at radius 2 is 2.22 bits per heavy atom. The number of carbonyl (C=O) groups excluding carboxylic acids is 1. The van der Waals surface area contributed by atoms with E-state index in [0.717, 1.165) is 6.07 Å². The van der Waals surface area contributed by atoms with Crippen molar-refractivity contribution >= 4 is 17.9 Å². The highest BCUT2D eigenvalue weighted by atomic mass is 16.6. The van der Waals surface area contributed by atoms with E-state index in [1.807, 2.05) is 6.92 Å². The minimum atomic E-state index is -0.603. The van der Waals surface area contributed by atoms with Crippen molar-refractivity contribution in [3.05, 3.63) is 35.2 Å². The van der Waals surface area contributed by atoms with E-state index in [0.29, 0.717) is 24.1 Å². The fourth-order valence-electron chi connectivity index (χ4n) is 2.30. The first-order chi connectivity index (χ1) is 13.0. The molecule has 0 spiro atoms. The van der Waals surface area contributed by atoms with Gasteiger partial charge in [-0.2, -0.15) is 9.78 Å². The molecule has 12 nitrogen and oxygen atoms in total. The lowest BCUT2D eigenvalue weighted by molar-refractivity contribution is 0.0949. The van der Waals surface area contributed by atoms with E-state index in [2.05, 4.69) is 35.8 Å². The number of hydrogen-bond acceptors (Lipinski definition) is 10. The number of carbonyl (C=O) groups is 1. The van der Waals surface area contributed by atoms with Gasteiger partial charge in [-0.1, -0.05) is 18.6 Å². The average Bonchev–Trinajstić information content (AvgIpc) is 3.23. The number of nitrogens with one attached hydrogen (secondary N) is 1. The van der Waals surface area contributed by atoms with Gasteiger partial charge in [0.15, 0.2) is 5.69 Å². The van der Waals surface area contributed by atoms with Crippen LogP contribution in [0.5, 0.6) is 11.5 Å². The summed E-state index contributed by atoms with van der Waals surface area (Å²) in [5.41, 5.74) is 8.81. The Morgan fingerprint density at radius 3 is 2.89 bits per heavy atom. The van der Waals surface area contributed by atoms with Crippen molar-refractivity contribution in [1.82, 2.24) is 30.7 Å². The molecule has 0 saturated carbocycles. The third-order valence-electron chi connectivity index (χ3n) is 3.54. The topological polar surface area (TPSA) is 178 Å². The molecule has 0 unspecified atom stereocenters. The van der Waals surface area contributed by atoms with Crippen LogP contribution in [0.1, 0.15) is 35.1 Å². The Balaban J connectivity index is 1.81. The predicted molar refractivity (Wildman–Crippen MR) is 92.5 cm³/mol. The summed E-state index contributed by atoms with van der Waals surface area (Å²) in [4.78, 5) is 12.4. The van der Waals surface area contributed by atoms with E-state index in [-0.39, 0.29) is 28.8 Å². The lowest BCUT2D eigenvalue weighted by atomic mass is 10.2. The van der Waals surface area contributed by atoms with Crippen LogP contribution in [0.2, 0.25) is 0 Å². The standard InChI is InChI=1S/C15H16N8O4/c1-2-3-10-12(18-22-23(10)14-13(16)20-27-21-14)15(26)19-17-7-8-4-5-9(24)6-11(8)25/h4-7,24-25H,2-3H2,1H3,(H2,16,20)(H,19,26)/b17-7+. The number of aromatic nitrogens is 5. The van der Waals surface area contributed by atoms with Crippen LogP contribution >= 0.6 is 0 Å². The fourth-order valence-corrected chi connectivity index (χ4v) is 2.30. The number of nitrogen functional groups attached to an aromatic ring is 1. The molecule has 0 atom stereocenters. The molecule has 0 saturated heterocycles. The molecule has 0 fully saturated rings. The number of aromatic hydroxyl groups is 2. The van der Waals surface area contributed by atoms with E-state index >= 15 is 0 Å². The van der Waals surface area contributed by atoms with Crippen molar-refractivity contribution in [2.45, 2.75) is 19.8 Å². The smallest absolute Gasteiger partial charge is 0.293 e. The van der Waals surface area contributed by atoms with Crippen LogP contribution in [0.25, 0.3) is 5.82 Å². The summed E-state index contributed by atoms with van der Waals surface area (Å²) in [7, 11) is 0. The van der Waals surface area contributed by atoms with Gasteiger partial charge in [0.05, 0.1) is 11.9 Å². The highest BCUT2D eigenvalue weighted by Gasteiger charge is 2.23. The highest BCUT2D eigenvalue weighted by molar-refractivity contribution is 5.94. The van der Waals surface area contributed by atoms with Gasteiger partial charge >= 0.3 is 0 Å². The quantitative estimate of drug-likeness (QED) is 0.351. The van der Waals surface area contributed by atoms with Crippen LogP contribution in [0.3, 0.4) is 0 Å². The molecule has 0 radical (unpaired) electrons. The fraction of sp³-hybridized carbons (Fsp3) is 0.200. The minimum Gasteiger partial charge on any atom is -0.508 e. The summed E-state index contributed by atoms with van der Waals surface area (Å²) < 4.78 is 5.85. The number of anilines is 1. The van der Waals surface area contributed by atoms with Gasteiger partial charge in [-0.05, 0) is 28.9 Å². The van der Waals surface area contributed by atoms with Crippen LogP contribution in [0.15, 0.2) is 27.9 Å². The Morgan fingerprint density at radius 1 is 1.41 bits per heavy atom. The Kier molecular flexibility index (Phi) is 4.97. The van der Waals surface area contributed by atoms with Crippen molar-refractivity contribution in [1.29, 1.82) is 0 Å². The van der Waals surface area contributed by atoms with Gasteiger partial charge in [0, 0.05) is 11.6 Å². The number of nitrogens with zero attached hydrogens (tertiary/aromatic N) is 6. The molecule has 2 heterocycles. The van der Waals surface area contributed by atoms with E-state index in [1.54, 1.807) is 0 Å². The summed E-state index contributed by atoms with van der Waals surface area (Å²) in [6.45, 7) is 1.93. The van der Waals surface area contributed by atoms with E-state index in [4.69, 9.17) is 5.73 Å². The van der Waals surface area contributed by atoms with Crippen molar-refractivity contribution in [2.75, 3.05) is 5.73 Å². The lowest BCUT2D eigenvalue weighted by Crippen LogP contribution is -2.20. The van der Waals surface area contributed by atoms with Crippen LogP contribution in [0.4, 0.5) is 5.82 Å². The predicted octanol–water partition coefficient (Wildman–Crippen LogP) is 0.360. The largest absolute Gasteiger partial charge is 0.508 e. The van der Waals surface area contributed by atoms with Crippen molar-refractivity contribution in [2.24, 2.45) is 5.10 Å². The average molecular weight is 372 g/mol. The Labute approximate surface area is 152 Å². The number of phenolic OH excluding ortho intramolecular Hbond substituents is 2. The SMILES string of the molecule is CCCc1c(C(=O)N/N=C/c2ccc(O)cc2O)nnn1-c1nonc1N. The van der Waals surface area contributed by atoms with Crippen LogP contribution in [0, 0.1) is 0 Å². The minimum absolute atomic E-state index is 0.0186. The van der Waals surface area contributed by atoms with E-state index < -0.39 is 5.91 Å². The zero-order valence-electron chi connectivity index (χ0n) is 14.2. The monoisotopic (exact) mass is 372 g/mol. The maximum Gasteiger partial charge on any atom is 0.293 e. The lowest BCUT2D eigenvalue weighted by Gasteiger charge is -2.03. The van der Waals surface area contributed by atoms with Crippen LogP contribution in [-0.2, 0) is 6.42 Å². The first-order valence-corrected chi connectivity index (χ1v) is 7.89. The van der Waals surface area contributed by atoms with Gasteiger partial charge in [0.25, 0.3) is 5.91 Å². The van der Waals surface area contributed by atoms with E-state index in [9.17, 15) is 15.0 Å². The van der Waals surface area contributed by atoms with E-state index in [1.165, 1.54) is 23.0 Å². The number of rotatable bonds is 6. The molecular formula is C15H16N8O4. The molecule has 0 aliphatic heterocycles. The van der Waals surface area contributed by atoms with Crippen LogP contribution < -0.4 is 11.2 Å². The van der Waals surface area contributed by atoms with Gasteiger partial charge in [0.2, 0.25) is 11.6 Å². The molecule has 3 aromatic rings. The molecule has 3 rings (SSSR count). The van der Waals surface area contributed by atoms with Gasteiger partial charge in [-0.15, -0.1) is 5.10 Å². The molecule has 5 N–H and O–H groups in total. The van der Waals surface area contributed by atoms with Crippen LogP contribution in [-0.4, -0.2) is 47.6 Å². The summed E-state index contributed by atoms with van der Waals surface area (Å²) in [5.74, 6) is -0.711. The number of benzene rings is 1. The molecule has 0 aliphatic rings. The molecule has 2 aromatic heterocycles. The number of amides is 1. The van der Waals surface area contributed by atoms with Crippen molar-refractivity contribution in [3.63, 3.8) is 0 Å². The van der Waals surface area contributed by atoms with Gasteiger partial charge in [-0.25, -0.2) is 10.1 Å². The second kappa shape index (κ2) is 7.51. The second-order valence-electron chi connectivity index (χ2n) is 5.46. The molecule has 0 aliphatic carbocycles. The molecular weight excluding hydrogens is 356 g/mol. The third-order valence-corrected chi connectivity index (χ3v) is 3.54. The molecule has 0 bridgehead atoms. The molecule has 12 heteroatoms. The van der Waals surface area contributed by atoms with Gasteiger partial charge in [0.1, 0.15) is 11.5 Å². The first kappa shape index (κ1) is 17.8. The maximum atomic E-state index is 12.4. The molecule has 1 aromatic carbocycles. The van der Waals surface area contributed by atoms with Crippen molar-refractivity contribution in [3.8, 4) is 17.3 Å². The zero-order chi connectivity index (χ0) is 19.4. The molecule has 140 valence electrons. The summed E-state index contributed by atoms with van der Waals surface area (Å²) >= 11 is 0.